The molecule has 0 heterocycles. The fourth-order valence-corrected chi connectivity index (χ4v) is 1.48. The average molecular weight is 188 g/mol. The minimum atomic E-state index is 1.23. The van der Waals surface area contributed by atoms with E-state index in [0.717, 1.165) is 0 Å². The molecule has 0 amide bonds. The second-order valence-corrected chi connectivity index (χ2v) is 3.62. The summed E-state index contributed by atoms with van der Waals surface area (Å²) >= 11 is 0. The number of rotatable bonds is 0. The average Bonchev–Trinajstić information content (AvgIpc) is 2.22. The van der Waals surface area contributed by atoms with Crippen LogP contribution < -0.4 is 0 Å². The van der Waals surface area contributed by atoms with Crippen LogP contribution in [0, 0.1) is 0 Å². The highest BCUT2D eigenvalue weighted by Crippen LogP contribution is 2.06. The van der Waals surface area contributed by atoms with E-state index in [1.807, 2.05) is 0 Å². The van der Waals surface area contributed by atoms with Crippen molar-refractivity contribution in [2.24, 2.45) is 0 Å². The topological polar surface area (TPSA) is 0 Å². The first-order chi connectivity index (χ1) is 7.00. The van der Waals surface area contributed by atoms with Gasteiger partial charge in [-0.25, -0.2) is 0 Å². The third kappa shape index (κ3) is 6.47. The Morgan fingerprint density at radius 3 is 1.36 bits per heavy atom. The van der Waals surface area contributed by atoms with Crippen LogP contribution in [0.3, 0.4) is 0 Å². The summed E-state index contributed by atoms with van der Waals surface area (Å²) in [6.45, 7) is 0. The molecule has 1 aliphatic rings. The van der Waals surface area contributed by atoms with Gasteiger partial charge in [-0.05, 0) is 25.7 Å². The van der Waals surface area contributed by atoms with Crippen LogP contribution in [-0.2, 0) is 0 Å². The molecule has 0 saturated carbocycles. The highest BCUT2D eigenvalue weighted by atomic mass is 13.9. The third-order valence-electron chi connectivity index (χ3n) is 2.32. The Labute approximate surface area is 87.7 Å². The Kier molecular flexibility index (Phi) is 6.74. The third-order valence-corrected chi connectivity index (χ3v) is 2.32. The van der Waals surface area contributed by atoms with Gasteiger partial charge in [-0.2, -0.15) is 0 Å². The molecule has 0 aromatic heterocycles. The normalized spacial score (nSPS) is 24.0. The van der Waals surface area contributed by atoms with Gasteiger partial charge in [0.2, 0.25) is 0 Å². The quantitative estimate of drug-likeness (QED) is 0.522. The molecule has 76 valence electrons. The molecule has 14 heavy (non-hydrogen) atoms. The van der Waals surface area contributed by atoms with Gasteiger partial charge in [-0.15, -0.1) is 0 Å². The Morgan fingerprint density at radius 2 is 0.857 bits per heavy atom. The van der Waals surface area contributed by atoms with Crippen molar-refractivity contribution in [3.8, 4) is 0 Å². The molecule has 0 fully saturated rings. The molecule has 0 aromatic carbocycles. The molecule has 0 heteroatoms. The molecule has 0 aliphatic heterocycles. The SMILES string of the molecule is C1=C/C=C/CCCCCC/C=C/C=C1. The molecule has 0 saturated heterocycles. The Morgan fingerprint density at radius 1 is 0.429 bits per heavy atom. The zero-order valence-corrected chi connectivity index (χ0v) is 8.86. The van der Waals surface area contributed by atoms with Crippen molar-refractivity contribution in [1.82, 2.24) is 0 Å². The van der Waals surface area contributed by atoms with Crippen molar-refractivity contribution < 1.29 is 0 Å². The maximum absolute atomic E-state index is 2.26. The van der Waals surface area contributed by atoms with Crippen molar-refractivity contribution in [3.63, 3.8) is 0 Å². The Balaban J connectivity index is 2.36. The molecule has 0 N–H and O–H groups in total. The van der Waals surface area contributed by atoms with Crippen LogP contribution >= 0.6 is 0 Å². The van der Waals surface area contributed by atoms with Crippen LogP contribution in [0.1, 0.15) is 38.5 Å². The number of hydrogen-bond acceptors (Lipinski definition) is 0. The smallest absolute Gasteiger partial charge is 0.0348 e. The van der Waals surface area contributed by atoms with E-state index < -0.39 is 0 Å². The van der Waals surface area contributed by atoms with E-state index in [1.165, 1.54) is 38.5 Å². The van der Waals surface area contributed by atoms with Crippen molar-refractivity contribution in [1.29, 1.82) is 0 Å². The van der Waals surface area contributed by atoms with Gasteiger partial charge in [0.05, 0.1) is 0 Å². The first kappa shape index (κ1) is 11.0. The van der Waals surface area contributed by atoms with Crippen molar-refractivity contribution in [2.45, 2.75) is 38.5 Å². The van der Waals surface area contributed by atoms with Gasteiger partial charge in [0, 0.05) is 0 Å². The van der Waals surface area contributed by atoms with Gasteiger partial charge in [-0.1, -0.05) is 61.4 Å². The largest absolute Gasteiger partial charge is 0.0845 e. The van der Waals surface area contributed by atoms with Gasteiger partial charge in [-0.3, -0.25) is 0 Å². The molecule has 1 rings (SSSR count). The Hall–Kier alpha value is -1.04. The lowest BCUT2D eigenvalue weighted by molar-refractivity contribution is 0.652. The molecular weight excluding hydrogens is 168 g/mol. The van der Waals surface area contributed by atoms with E-state index in [1.54, 1.807) is 0 Å². The van der Waals surface area contributed by atoms with E-state index in [4.69, 9.17) is 0 Å². The highest BCUT2D eigenvalue weighted by molar-refractivity contribution is 5.15. The minimum Gasteiger partial charge on any atom is -0.0845 e. The van der Waals surface area contributed by atoms with Gasteiger partial charge in [0.25, 0.3) is 0 Å². The summed E-state index contributed by atoms with van der Waals surface area (Å²) in [4.78, 5) is 0. The Bertz CT molecular complexity index is 202. The summed E-state index contributed by atoms with van der Waals surface area (Å²) in [5, 5.41) is 0. The fraction of sp³-hybridized carbons (Fsp3) is 0.429. The summed E-state index contributed by atoms with van der Waals surface area (Å²) in [6, 6.07) is 0. The van der Waals surface area contributed by atoms with E-state index in [0.29, 0.717) is 0 Å². The molecule has 0 atom stereocenters. The van der Waals surface area contributed by atoms with Crippen LogP contribution in [0.25, 0.3) is 0 Å². The summed E-state index contributed by atoms with van der Waals surface area (Å²) < 4.78 is 0. The van der Waals surface area contributed by atoms with Crippen molar-refractivity contribution in [3.05, 3.63) is 48.6 Å². The van der Waals surface area contributed by atoms with Gasteiger partial charge >= 0.3 is 0 Å². The highest BCUT2D eigenvalue weighted by Gasteiger charge is 1.87. The maximum Gasteiger partial charge on any atom is -0.0348 e. The first-order valence-corrected chi connectivity index (χ1v) is 5.65. The lowest BCUT2D eigenvalue weighted by atomic mass is 10.1. The van der Waals surface area contributed by atoms with Gasteiger partial charge in [0.1, 0.15) is 0 Å². The predicted octanol–water partition coefficient (Wildman–Crippen LogP) is 4.57. The summed E-state index contributed by atoms with van der Waals surface area (Å²) in [6.07, 6.45) is 25.0. The number of allylic oxidation sites excluding steroid dienone is 8. The van der Waals surface area contributed by atoms with Crippen molar-refractivity contribution in [2.75, 3.05) is 0 Å². The van der Waals surface area contributed by atoms with E-state index in [9.17, 15) is 0 Å². The summed E-state index contributed by atoms with van der Waals surface area (Å²) in [5.74, 6) is 0. The molecule has 0 unspecified atom stereocenters. The zero-order valence-electron chi connectivity index (χ0n) is 8.86. The second kappa shape index (κ2) is 8.55. The van der Waals surface area contributed by atoms with E-state index in [-0.39, 0.29) is 0 Å². The molecule has 0 radical (unpaired) electrons. The zero-order chi connectivity index (χ0) is 9.90. The lowest BCUT2D eigenvalue weighted by Crippen LogP contribution is -1.76. The van der Waals surface area contributed by atoms with Gasteiger partial charge < -0.3 is 0 Å². The van der Waals surface area contributed by atoms with Crippen molar-refractivity contribution >= 4 is 0 Å². The van der Waals surface area contributed by atoms with Crippen LogP contribution in [-0.4, -0.2) is 0 Å². The second-order valence-electron chi connectivity index (χ2n) is 3.62. The van der Waals surface area contributed by atoms with Crippen LogP contribution in [0.4, 0.5) is 0 Å². The van der Waals surface area contributed by atoms with Crippen LogP contribution in [0.2, 0.25) is 0 Å². The first-order valence-electron chi connectivity index (χ1n) is 5.65. The summed E-state index contributed by atoms with van der Waals surface area (Å²) in [7, 11) is 0. The standard InChI is InChI=1S/C14H20/c1-2-4-6-8-10-12-14-13-11-9-7-5-3-1/h1-8H,9-14H2/b3-1?,4-2?,7-5+,8-6+. The molecule has 0 spiro atoms. The maximum atomic E-state index is 2.26. The number of hydrogen-bond donors (Lipinski definition) is 0. The minimum absolute atomic E-state index is 1.23. The summed E-state index contributed by atoms with van der Waals surface area (Å²) in [5.41, 5.74) is 0. The van der Waals surface area contributed by atoms with Gasteiger partial charge in [0.15, 0.2) is 0 Å². The molecule has 1 aliphatic carbocycles. The molecule has 0 aromatic rings. The van der Waals surface area contributed by atoms with Crippen LogP contribution in [0.5, 0.6) is 0 Å². The fourth-order valence-electron chi connectivity index (χ4n) is 1.48. The molecular formula is C14H20. The molecule has 0 nitrogen and oxygen atoms in total. The van der Waals surface area contributed by atoms with Crippen LogP contribution in [0.15, 0.2) is 48.6 Å². The predicted molar refractivity (Wildman–Crippen MR) is 64.3 cm³/mol. The monoisotopic (exact) mass is 188 g/mol. The lowest BCUT2D eigenvalue weighted by Gasteiger charge is -1.96. The molecule has 0 bridgehead atoms. The van der Waals surface area contributed by atoms with E-state index >= 15 is 0 Å². The van der Waals surface area contributed by atoms with E-state index in [2.05, 4.69) is 48.6 Å².